The normalized spacial score (nSPS) is 17.6. The lowest BCUT2D eigenvalue weighted by Gasteiger charge is -2.44. The predicted molar refractivity (Wildman–Crippen MR) is 107 cm³/mol. The molecule has 0 radical (unpaired) electrons. The Morgan fingerprint density at radius 2 is 1.89 bits per heavy atom. The van der Waals surface area contributed by atoms with Gasteiger partial charge in [0.1, 0.15) is 5.60 Å². The number of hydrogen-bond donors (Lipinski definition) is 2. The maximum atomic E-state index is 12.1. The van der Waals surface area contributed by atoms with E-state index in [1.807, 2.05) is 44.2 Å². The van der Waals surface area contributed by atoms with E-state index in [0.717, 1.165) is 38.0 Å². The third-order valence-corrected chi connectivity index (χ3v) is 5.34. The van der Waals surface area contributed by atoms with Crippen LogP contribution in [0.5, 0.6) is 0 Å². The van der Waals surface area contributed by atoms with Crippen LogP contribution in [0.1, 0.15) is 38.7 Å². The summed E-state index contributed by atoms with van der Waals surface area (Å²) in [6, 6.07) is 10.1. The predicted octanol–water partition coefficient (Wildman–Crippen LogP) is 1.91. The highest BCUT2D eigenvalue weighted by atomic mass is 16.6. The van der Waals surface area contributed by atoms with Crippen molar-refractivity contribution in [1.29, 1.82) is 0 Å². The first-order valence-electron chi connectivity index (χ1n) is 9.94. The molecular weight excluding hydrogens is 342 g/mol. The van der Waals surface area contributed by atoms with Gasteiger partial charge in [0.25, 0.3) is 0 Å². The average molecular weight is 378 g/mol. The smallest absolute Gasteiger partial charge is 0.307 e. The molecule has 1 aliphatic rings. The second-order valence-corrected chi connectivity index (χ2v) is 7.85. The van der Waals surface area contributed by atoms with Crippen LogP contribution in [-0.4, -0.2) is 55.3 Å². The van der Waals surface area contributed by atoms with Crippen molar-refractivity contribution < 1.29 is 14.3 Å². The highest BCUT2D eigenvalue weighted by molar-refractivity contribution is 5.70. The average Bonchev–Trinajstić information content (AvgIpc) is 2.66. The number of ether oxygens (including phenoxy) is 2. The molecule has 152 valence electrons. The molecule has 1 saturated heterocycles. The molecule has 1 aromatic rings. The SMILES string of the molecule is CC(C)(OC(=O)CCN)[C@H](COCc1ccccc1)N1CCC(CN)CC1. The van der Waals surface area contributed by atoms with Crippen molar-refractivity contribution in [1.82, 2.24) is 4.90 Å². The first kappa shape index (κ1) is 21.8. The molecule has 0 bridgehead atoms. The molecule has 0 spiro atoms. The highest BCUT2D eigenvalue weighted by Gasteiger charge is 2.39. The number of rotatable bonds is 10. The molecule has 1 heterocycles. The molecule has 1 aromatic carbocycles. The molecule has 0 unspecified atom stereocenters. The number of likely N-dealkylation sites (tertiary alicyclic amines) is 1. The topological polar surface area (TPSA) is 90.8 Å². The summed E-state index contributed by atoms with van der Waals surface area (Å²) >= 11 is 0. The Balaban J connectivity index is 2.01. The minimum Gasteiger partial charge on any atom is -0.458 e. The standard InChI is InChI=1S/C21H35N3O3/c1-21(2,27-20(25)8-11-22)19(24-12-9-17(14-23)10-13-24)16-26-15-18-6-4-3-5-7-18/h3-7,17,19H,8-16,22-23H2,1-2H3/t19-/m0/s1. The van der Waals surface area contributed by atoms with Crippen LogP contribution in [0.15, 0.2) is 30.3 Å². The van der Waals surface area contributed by atoms with E-state index >= 15 is 0 Å². The molecule has 27 heavy (non-hydrogen) atoms. The maximum absolute atomic E-state index is 12.1. The molecule has 6 nitrogen and oxygen atoms in total. The number of carbonyl (C=O) groups excluding carboxylic acids is 1. The van der Waals surface area contributed by atoms with E-state index in [2.05, 4.69) is 4.90 Å². The van der Waals surface area contributed by atoms with Crippen LogP contribution in [0.4, 0.5) is 0 Å². The summed E-state index contributed by atoms with van der Waals surface area (Å²) in [5.41, 5.74) is 11.8. The van der Waals surface area contributed by atoms with Crippen LogP contribution in [0.3, 0.4) is 0 Å². The van der Waals surface area contributed by atoms with E-state index in [9.17, 15) is 4.79 Å². The first-order chi connectivity index (χ1) is 13.0. The van der Waals surface area contributed by atoms with Crippen molar-refractivity contribution in [2.24, 2.45) is 17.4 Å². The van der Waals surface area contributed by atoms with E-state index < -0.39 is 5.60 Å². The highest BCUT2D eigenvalue weighted by Crippen LogP contribution is 2.27. The zero-order valence-electron chi connectivity index (χ0n) is 16.7. The van der Waals surface area contributed by atoms with Gasteiger partial charge in [-0.1, -0.05) is 30.3 Å². The summed E-state index contributed by atoms with van der Waals surface area (Å²) < 4.78 is 11.8. The largest absolute Gasteiger partial charge is 0.458 e. The summed E-state index contributed by atoms with van der Waals surface area (Å²) in [5, 5.41) is 0. The van der Waals surface area contributed by atoms with E-state index in [-0.39, 0.29) is 18.4 Å². The van der Waals surface area contributed by atoms with E-state index in [0.29, 0.717) is 25.7 Å². The quantitative estimate of drug-likeness (QED) is 0.605. The van der Waals surface area contributed by atoms with E-state index in [1.54, 1.807) is 0 Å². The number of carbonyl (C=O) groups is 1. The lowest BCUT2D eigenvalue weighted by molar-refractivity contribution is -0.167. The lowest BCUT2D eigenvalue weighted by Crippen LogP contribution is -2.56. The van der Waals surface area contributed by atoms with Gasteiger partial charge in [0.15, 0.2) is 0 Å². The minimum absolute atomic E-state index is 0.0124. The van der Waals surface area contributed by atoms with Gasteiger partial charge >= 0.3 is 5.97 Å². The van der Waals surface area contributed by atoms with Gasteiger partial charge in [-0.3, -0.25) is 9.69 Å². The number of benzene rings is 1. The van der Waals surface area contributed by atoms with Gasteiger partial charge in [-0.2, -0.15) is 0 Å². The summed E-state index contributed by atoms with van der Waals surface area (Å²) in [4.78, 5) is 14.4. The molecular formula is C21H35N3O3. The van der Waals surface area contributed by atoms with Crippen LogP contribution in [0, 0.1) is 5.92 Å². The van der Waals surface area contributed by atoms with Crippen LogP contribution >= 0.6 is 0 Å². The summed E-state index contributed by atoms with van der Waals surface area (Å²) in [6.07, 6.45) is 2.37. The fourth-order valence-electron chi connectivity index (χ4n) is 3.64. The molecule has 6 heteroatoms. The van der Waals surface area contributed by atoms with Crippen LogP contribution < -0.4 is 11.5 Å². The van der Waals surface area contributed by atoms with Crippen LogP contribution in [0.25, 0.3) is 0 Å². The molecule has 4 N–H and O–H groups in total. The molecule has 0 aliphatic carbocycles. The number of esters is 1. The third kappa shape index (κ3) is 6.88. The Bertz CT molecular complexity index is 557. The zero-order valence-corrected chi connectivity index (χ0v) is 16.7. The zero-order chi connectivity index (χ0) is 19.7. The Morgan fingerprint density at radius 3 is 2.48 bits per heavy atom. The van der Waals surface area contributed by atoms with Gasteiger partial charge in [0.05, 0.1) is 25.7 Å². The fraction of sp³-hybridized carbons (Fsp3) is 0.667. The molecule has 0 amide bonds. The van der Waals surface area contributed by atoms with E-state index in [1.165, 1.54) is 0 Å². The number of piperidine rings is 1. The number of nitrogens with two attached hydrogens (primary N) is 2. The monoisotopic (exact) mass is 377 g/mol. The number of hydrogen-bond acceptors (Lipinski definition) is 6. The van der Waals surface area contributed by atoms with Gasteiger partial charge in [-0.05, 0) is 57.8 Å². The van der Waals surface area contributed by atoms with Crippen LogP contribution in [-0.2, 0) is 20.9 Å². The van der Waals surface area contributed by atoms with Crippen molar-refractivity contribution in [3.63, 3.8) is 0 Å². The van der Waals surface area contributed by atoms with Crippen molar-refractivity contribution in [2.75, 3.05) is 32.8 Å². The molecule has 1 aliphatic heterocycles. The second-order valence-electron chi connectivity index (χ2n) is 7.85. The molecule has 0 aromatic heterocycles. The van der Waals surface area contributed by atoms with Crippen molar-refractivity contribution in [3.05, 3.63) is 35.9 Å². The van der Waals surface area contributed by atoms with Gasteiger partial charge < -0.3 is 20.9 Å². The lowest BCUT2D eigenvalue weighted by atomic mass is 9.91. The van der Waals surface area contributed by atoms with Gasteiger partial charge in [-0.25, -0.2) is 0 Å². The van der Waals surface area contributed by atoms with E-state index in [4.69, 9.17) is 20.9 Å². The van der Waals surface area contributed by atoms with Crippen molar-refractivity contribution >= 4 is 5.97 Å². The van der Waals surface area contributed by atoms with Crippen molar-refractivity contribution in [3.8, 4) is 0 Å². The summed E-state index contributed by atoms with van der Waals surface area (Å²) in [5.74, 6) is 0.322. The second kappa shape index (κ2) is 10.8. The molecule has 1 atom stereocenters. The molecule has 1 fully saturated rings. The Hall–Kier alpha value is -1.47. The summed E-state index contributed by atoms with van der Waals surface area (Å²) in [7, 11) is 0. The molecule has 0 saturated carbocycles. The van der Waals surface area contributed by atoms with Crippen LogP contribution in [0.2, 0.25) is 0 Å². The minimum atomic E-state index is -0.654. The van der Waals surface area contributed by atoms with Gasteiger partial charge in [0.2, 0.25) is 0 Å². The van der Waals surface area contributed by atoms with Crippen molar-refractivity contribution in [2.45, 2.75) is 51.4 Å². The molecule has 2 rings (SSSR count). The third-order valence-electron chi connectivity index (χ3n) is 5.34. The van der Waals surface area contributed by atoms with Gasteiger partial charge in [0, 0.05) is 6.54 Å². The maximum Gasteiger partial charge on any atom is 0.307 e. The Kier molecular flexibility index (Phi) is 8.70. The Labute approximate surface area is 163 Å². The number of nitrogens with zero attached hydrogens (tertiary/aromatic N) is 1. The fourth-order valence-corrected chi connectivity index (χ4v) is 3.64. The first-order valence-corrected chi connectivity index (χ1v) is 9.94. The van der Waals surface area contributed by atoms with Gasteiger partial charge in [-0.15, -0.1) is 0 Å². The summed E-state index contributed by atoms with van der Waals surface area (Å²) in [6.45, 7) is 7.90. The Morgan fingerprint density at radius 1 is 1.22 bits per heavy atom.